The lowest BCUT2D eigenvalue weighted by Gasteiger charge is -1.98. The fourth-order valence-electron chi connectivity index (χ4n) is 0.836. The molecule has 4 heteroatoms. The summed E-state index contributed by atoms with van der Waals surface area (Å²) in [5.74, 6) is 0. The van der Waals surface area contributed by atoms with Crippen molar-refractivity contribution >= 4 is 16.8 Å². The number of rotatable bonds is 2. The Morgan fingerprint density at radius 3 is 2.42 bits per heavy atom. The molecule has 0 bridgehead atoms. The Morgan fingerprint density at radius 2 is 2.00 bits per heavy atom. The van der Waals surface area contributed by atoms with Crippen LogP contribution in [-0.4, -0.2) is 10.4 Å². The van der Waals surface area contributed by atoms with Crippen molar-refractivity contribution in [1.29, 1.82) is 0 Å². The molecule has 0 heterocycles. The van der Waals surface area contributed by atoms with Crippen LogP contribution < -0.4 is 5.73 Å². The predicted octanol–water partition coefficient (Wildman–Crippen LogP) is 1.52. The average Bonchev–Trinajstić information content (AvgIpc) is 2.17. The van der Waals surface area contributed by atoms with Gasteiger partial charge in [-0.2, -0.15) is 0 Å². The summed E-state index contributed by atoms with van der Waals surface area (Å²) < 4.78 is 0. The molecule has 0 saturated heterocycles. The van der Waals surface area contributed by atoms with E-state index in [0.717, 1.165) is 5.56 Å². The quantitative estimate of drug-likeness (QED) is 0.416. The highest BCUT2D eigenvalue weighted by Crippen LogP contribution is 2.07. The molecule has 12 heavy (non-hydrogen) atoms. The monoisotopic (exact) mass is 184 g/mol. The summed E-state index contributed by atoms with van der Waals surface area (Å²) in [6.07, 6.45) is 0. The maximum absolute atomic E-state index is 8.35. The van der Waals surface area contributed by atoms with Crippen LogP contribution in [0.25, 0.3) is 0 Å². The zero-order valence-corrected chi connectivity index (χ0v) is 7.12. The molecule has 0 saturated carbocycles. The van der Waals surface area contributed by atoms with Gasteiger partial charge in [0.25, 0.3) is 0 Å². The Kier molecular flexibility index (Phi) is 3.08. The molecule has 0 aliphatic carbocycles. The molecule has 0 atom stereocenters. The van der Waals surface area contributed by atoms with Crippen molar-refractivity contribution in [2.75, 3.05) is 0 Å². The third kappa shape index (κ3) is 1.96. The van der Waals surface area contributed by atoms with E-state index in [0.29, 0.717) is 12.1 Å². The van der Waals surface area contributed by atoms with Crippen molar-refractivity contribution in [3.63, 3.8) is 0 Å². The summed E-state index contributed by atoms with van der Waals surface area (Å²) in [5, 5.41) is 11.3. The maximum Gasteiger partial charge on any atom is 0.175 e. The summed E-state index contributed by atoms with van der Waals surface area (Å²) >= 11 is 5.55. The summed E-state index contributed by atoms with van der Waals surface area (Å²) in [4.78, 5) is 0. The fraction of sp³-hybridized carbons (Fsp3) is 0.125. The summed E-state index contributed by atoms with van der Waals surface area (Å²) in [7, 11) is 0. The first-order chi connectivity index (χ1) is 5.77. The zero-order valence-electron chi connectivity index (χ0n) is 6.37. The van der Waals surface area contributed by atoms with Crippen LogP contribution in [0.15, 0.2) is 29.4 Å². The van der Waals surface area contributed by atoms with Gasteiger partial charge in [0.1, 0.15) is 0 Å². The van der Waals surface area contributed by atoms with E-state index >= 15 is 0 Å². The van der Waals surface area contributed by atoms with Crippen LogP contribution in [0.3, 0.4) is 0 Å². The standard InChI is InChI=1S/C8H9ClN2O/c9-8(11-12)7-3-1-6(5-10)2-4-7/h1-4,12H,5,10H2/b11-8-. The lowest BCUT2D eigenvalue weighted by Crippen LogP contribution is -1.97. The third-order valence-electron chi connectivity index (χ3n) is 1.52. The molecule has 0 amide bonds. The molecule has 3 N–H and O–H groups in total. The molecule has 3 nitrogen and oxygen atoms in total. The summed E-state index contributed by atoms with van der Waals surface area (Å²) in [5.41, 5.74) is 7.09. The van der Waals surface area contributed by atoms with Crippen LogP contribution in [0.2, 0.25) is 0 Å². The lowest BCUT2D eigenvalue weighted by atomic mass is 10.1. The Hall–Kier alpha value is -1.06. The van der Waals surface area contributed by atoms with Crippen LogP contribution in [0, 0.1) is 0 Å². The van der Waals surface area contributed by atoms with Crippen LogP contribution >= 0.6 is 11.6 Å². The van der Waals surface area contributed by atoms with Crippen molar-refractivity contribution in [2.45, 2.75) is 6.54 Å². The molecule has 64 valence electrons. The molecule has 0 aliphatic rings. The van der Waals surface area contributed by atoms with E-state index in [1.54, 1.807) is 12.1 Å². The van der Waals surface area contributed by atoms with Crippen molar-refractivity contribution in [2.24, 2.45) is 10.9 Å². The van der Waals surface area contributed by atoms with Gasteiger partial charge in [-0.1, -0.05) is 41.0 Å². The Morgan fingerprint density at radius 1 is 1.42 bits per heavy atom. The third-order valence-corrected chi connectivity index (χ3v) is 1.81. The molecule has 1 rings (SSSR count). The normalized spacial score (nSPS) is 11.7. The first-order valence-electron chi connectivity index (χ1n) is 3.45. The van der Waals surface area contributed by atoms with Crippen molar-refractivity contribution in [3.05, 3.63) is 35.4 Å². The van der Waals surface area contributed by atoms with Gasteiger partial charge < -0.3 is 10.9 Å². The molecule has 0 spiro atoms. The van der Waals surface area contributed by atoms with E-state index < -0.39 is 0 Å². The van der Waals surface area contributed by atoms with E-state index in [1.165, 1.54) is 0 Å². The largest absolute Gasteiger partial charge is 0.410 e. The summed E-state index contributed by atoms with van der Waals surface area (Å²) in [6.45, 7) is 0.494. The predicted molar refractivity (Wildman–Crippen MR) is 48.5 cm³/mol. The first-order valence-corrected chi connectivity index (χ1v) is 3.82. The highest BCUT2D eigenvalue weighted by Gasteiger charge is 1.98. The van der Waals surface area contributed by atoms with Crippen LogP contribution in [0.4, 0.5) is 0 Å². The first kappa shape index (κ1) is 9.03. The van der Waals surface area contributed by atoms with Crippen molar-refractivity contribution < 1.29 is 5.21 Å². The van der Waals surface area contributed by atoms with Gasteiger partial charge in [0.05, 0.1) is 0 Å². The Bertz CT molecular complexity index is 282. The second-order valence-electron chi connectivity index (χ2n) is 2.29. The van der Waals surface area contributed by atoms with E-state index in [2.05, 4.69) is 5.16 Å². The minimum absolute atomic E-state index is 0.0820. The highest BCUT2D eigenvalue weighted by atomic mass is 35.5. The van der Waals surface area contributed by atoms with Gasteiger partial charge in [-0.3, -0.25) is 0 Å². The molecule has 0 radical (unpaired) electrons. The van der Waals surface area contributed by atoms with Crippen molar-refractivity contribution in [1.82, 2.24) is 0 Å². The molecule has 1 aromatic rings. The fourth-order valence-corrected chi connectivity index (χ4v) is 0.962. The smallest absolute Gasteiger partial charge is 0.175 e. The second kappa shape index (κ2) is 4.09. The van der Waals surface area contributed by atoms with Crippen molar-refractivity contribution in [3.8, 4) is 0 Å². The Labute approximate surface area is 75.4 Å². The number of hydrogen-bond donors (Lipinski definition) is 2. The van der Waals surface area contributed by atoms with E-state index in [1.807, 2.05) is 12.1 Å². The Balaban J connectivity index is 2.92. The highest BCUT2D eigenvalue weighted by molar-refractivity contribution is 6.69. The second-order valence-corrected chi connectivity index (χ2v) is 2.65. The molecular weight excluding hydrogens is 176 g/mol. The number of oxime groups is 1. The van der Waals surface area contributed by atoms with Crippen LogP contribution in [0.1, 0.15) is 11.1 Å². The molecule has 0 unspecified atom stereocenters. The molecule has 1 aromatic carbocycles. The van der Waals surface area contributed by atoms with E-state index in [-0.39, 0.29) is 5.17 Å². The minimum Gasteiger partial charge on any atom is -0.410 e. The minimum atomic E-state index is 0.0820. The average molecular weight is 185 g/mol. The van der Waals surface area contributed by atoms with Gasteiger partial charge in [0, 0.05) is 12.1 Å². The lowest BCUT2D eigenvalue weighted by molar-refractivity contribution is 0.321. The number of benzene rings is 1. The van der Waals surface area contributed by atoms with Crippen LogP contribution in [-0.2, 0) is 6.54 Å². The van der Waals surface area contributed by atoms with Crippen LogP contribution in [0.5, 0.6) is 0 Å². The number of nitrogens with two attached hydrogens (primary N) is 1. The van der Waals surface area contributed by atoms with Gasteiger partial charge in [-0.05, 0) is 5.56 Å². The SMILES string of the molecule is NCc1ccc(/C(Cl)=N/O)cc1. The number of halogens is 1. The molecule has 0 aromatic heterocycles. The van der Waals surface area contributed by atoms with Gasteiger partial charge in [0.2, 0.25) is 0 Å². The maximum atomic E-state index is 8.35. The van der Waals surface area contributed by atoms with E-state index in [9.17, 15) is 0 Å². The molecular formula is C8H9ClN2O. The number of hydrogen-bond acceptors (Lipinski definition) is 3. The van der Waals surface area contributed by atoms with Gasteiger partial charge in [-0.15, -0.1) is 0 Å². The van der Waals surface area contributed by atoms with Gasteiger partial charge in [0.15, 0.2) is 5.17 Å². The topological polar surface area (TPSA) is 58.6 Å². The van der Waals surface area contributed by atoms with E-state index in [4.69, 9.17) is 22.5 Å². The van der Waals surface area contributed by atoms with Gasteiger partial charge >= 0.3 is 0 Å². The summed E-state index contributed by atoms with van der Waals surface area (Å²) in [6, 6.07) is 7.18. The number of nitrogens with zero attached hydrogens (tertiary/aromatic N) is 1. The molecule has 0 fully saturated rings. The zero-order chi connectivity index (χ0) is 8.97. The van der Waals surface area contributed by atoms with Gasteiger partial charge in [-0.25, -0.2) is 0 Å². The molecule has 0 aliphatic heterocycles.